The van der Waals surface area contributed by atoms with E-state index in [9.17, 15) is 39.6 Å². The smallest absolute Gasteiger partial charge is 0.312 e. The highest BCUT2D eigenvalue weighted by Gasteiger charge is 2.50. The van der Waals surface area contributed by atoms with Crippen molar-refractivity contribution in [1.82, 2.24) is 10.0 Å². The van der Waals surface area contributed by atoms with Crippen molar-refractivity contribution in [3.63, 3.8) is 0 Å². The van der Waals surface area contributed by atoms with Crippen LogP contribution in [-0.4, -0.2) is 118 Å². The predicted octanol–water partition coefficient (Wildman–Crippen LogP) is 5.92. The molecule has 0 saturated carbocycles. The molecular formula is C46H65N3O13. The lowest BCUT2D eigenvalue weighted by atomic mass is 9.78. The van der Waals surface area contributed by atoms with E-state index in [2.05, 4.69) is 5.32 Å². The standard InChI is InChI=1S/C46H65N3O13/c1-13-20-49(48(14-2)15-3)34(51)23-59-33-22-31-41(55)36-35(33)37-43(29(9)40(36)54)62-46(11,44(37)56)60-21-19-32(58-12)26(6)42(61-30(10)50)28(8)39(53)27(7)38(52)24(4)17-16-18-25(5)45(57)47-31/h16-19,21-22,24,26-28,32,38-39,42,52-55H,13-15,20,23H2,1-12H3,(H,47,57)/b17-16+,21-19+,25-18-/t24-,26-,27+,28+,32-,38-,39+,42-,46-/m0/s1. The third kappa shape index (κ3) is 10.2. The Hall–Kier alpha value is -5.16. The summed E-state index contributed by atoms with van der Waals surface area (Å²) in [4.78, 5) is 54.4. The van der Waals surface area contributed by atoms with Gasteiger partial charge < -0.3 is 49.4 Å². The predicted molar refractivity (Wildman–Crippen MR) is 233 cm³/mol. The lowest BCUT2D eigenvalue weighted by molar-refractivity contribution is -0.160. The molecule has 5 rings (SSSR count). The summed E-state index contributed by atoms with van der Waals surface area (Å²) in [6, 6.07) is 1.28. The number of nitrogens with one attached hydrogen (secondary N) is 1. The maximum absolute atomic E-state index is 14.6. The van der Waals surface area contributed by atoms with Crippen LogP contribution in [0.25, 0.3) is 10.8 Å². The van der Waals surface area contributed by atoms with Crippen molar-refractivity contribution in [2.24, 2.45) is 23.7 Å². The van der Waals surface area contributed by atoms with Crippen LogP contribution >= 0.6 is 0 Å². The van der Waals surface area contributed by atoms with Crippen LogP contribution in [0.5, 0.6) is 23.0 Å². The molecule has 9 atom stereocenters. The fraction of sp³-hybridized carbons (Fsp3) is 0.565. The van der Waals surface area contributed by atoms with Gasteiger partial charge in [0.1, 0.15) is 23.4 Å². The second-order valence-corrected chi connectivity index (χ2v) is 16.3. The molecule has 2 aromatic carbocycles. The highest BCUT2D eigenvalue weighted by atomic mass is 16.7. The molecule has 0 fully saturated rings. The molecule has 16 heteroatoms. The molecule has 0 saturated heterocycles. The van der Waals surface area contributed by atoms with E-state index >= 15 is 0 Å². The van der Waals surface area contributed by atoms with Crippen LogP contribution in [0.4, 0.5) is 5.69 Å². The number of aliphatic hydroxyl groups is 2. The molecule has 16 nitrogen and oxygen atoms in total. The first-order valence-electron chi connectivity index (χ1n) is 21.2. The quantitative estimate of drug-likeness (QED) is 0.107. The lowest BCUT2D eigenvalue weighted by Gasteiger charge is -2.38. The molecule has 0 spiro atoms. The van der Waals surface area contributed by atoms with Gasteiger partial charge in [-0.25, -0.2) is 5.01 Å². The summed E-state index contributed by atoms with van der Waals surface area (Å²) in [5.41, 5.74) is -0.0197. The van der Waals surface area contributed by atoms with Gasteiger partial charge in [-0.1, -0.05) is 66.7 Å². The number of anilines is 1. The number of phenolic OH excluding ortho intramolecular Hbond substituents is 2. The summed E-state index contributed by atoms with van der Waals surface area (Å²) in [5.74, 6) is -8.09. The Morgan fingerprint density at radius 2 is 1.60 bits per heavy atom. The number of benzene rings is 2. The van der Waals surface area contributed by atoms with Gasteiger partial charge in [-0.2, -0.15) is 0 Å². The molecule has 3 aliphatic heterocycles. The number of hydrogen-bond donors (Lipinski definition) is 5. The van der Waals surface area contributed by atoms with Crippen molar-refractivity contribution in [3.8, 4) is 23.0 Å². The number of methoxy groups -OCH3 is 1. The van der Waals surface area contributed by atoms with E-state index in [1.807, 2.05) is 25.8 Å². The van der Waals surface area contributed by atoms with Crippen LogP contribution in [0.1, 0.15) is 91.6 Å². The third-order valence-electron chi connectivity index (χ3n) is 12.0. The first-order valence-corrected chi connectivity index (χ1v) is 21.2. The summed E-state index contributed by atoms with van der Waals surface area (Å²) in [7, 11) is 1.44. The number of esters is 1. The van der Waals surface area contributed by atoms with Gasteiger partial charge in [-0.3, -0.25) is 24.2 Å². The van der Waals surface area contributed by atoms with Gasteiger partial charge >= 0.3 is 11.8 Å². The largest absolute Gasteiger partial charge is 0.507 e. The Balaban J connectivity index is 1.94. The number of allylic oxidation sites excluding steroid dienone is 2. The highest BCUT2D eigenvalue weighted by Crippen LogP contribution is 2.54. The molecule has 5 bridgehead atoms. The van der Waals surface area contributed by atoms with Crippen LogP contribution in [0.2, 0.25) is 0 Å². The Bertz CT molecular complexity index is 2080. The number of nitrogens with zero attached hydrogens (tertiary/aromatic N) is 2. The number of fused-ring (bicyclic) bond motifs is 14. The number of hydrazine groups is 1. The van der Waals surface area contributed by atoms with E-state index in [0.29, 0.717) is 26.1 Å². The van der Waals surface area contributed by atoms with Crippen molar-refractivity contribution >= 4 is 40.0 Å². The Kier molecular flexibility index (Phi) is 16.6. The Morgan fingerprint density at radius 3 is 2.19 bits per heavy atom. The molecule has 0 radical (unpaired) electrons. The van der Waals surface area contributed by atoms with E-state index in [4.69, 9.17) is 23.7 Å². The third-order valence-corrected chi connectivity index (χ3v) is 12.0. The number of ketones is 1. The number of Topliss-reactive ketones (excluding diaryl/α,β-unsaturated/α-hetero) is 1. The SMILES string of the molecule is CCCN(C(=O)COc1cc2c(O)c3c(O)c(C)c4c(c13)C(=O)[C@@](C)(O/C=C/[C@H](OC)[C@H](C)[C@H](OC(C)=O)[C@H](C)[C@H](O)[C@H](C)[C@@H](O)[C@@H](C)/C=C/C=C(/C)C(=O)N2)O4)N(CC)CC. The molecule has 3 aliphatic rings. The molecule has 2 aromatic rings. The fourth-order valence-electron chi connectivity index (χ4n) is 8.16. The monoisotopic (exact) mass is 867 g/mol. The number of aliphatic hydroxyl groups excluding tert-OH is 2. The second kappa shape index (κ2) is 20.8. The molecule has 5 N–H and O–H groups in total. The zero-order chi connectivity index (χ0) is 46.4. The van der Waals surface area contributed by atoms with Crippen molar-refractivity contribution in [3.05, 3.63) is 53.3 Å². The molecule has 342 valence electrons. The van der Waals surface area contributed by atoms with Gasteiger partial charge in [-0.15, -0.1) is 0 Å². The van der Waals surface area contributed by atoms with E-state index in [0.717, 1.165) is 0 Å². The first-order chi connectivity index (χ1) is 29.2. The van der Waals surface area contributed by atoms with Crippen molar-refractivity contribution < 1.29 is 63.3 Å². The van der Waals surface area contributed by atoms with Crippen molar-refractivity contribution in [1.29, 1.82) is 0 Å². The van der Waals surface area contributed by atoms with Gasteiger partial charge in [0.25, 0.3) is 17.6 Å². The molecule has 62 heavy (non-hydrogen) atoms. The van der Waals surface area contributed by atoms with E-state index in [1.165, 1.54) is 59.3 Å². The molecule has 3 heterocycles. The topological polar surface area (TPSA) is 214 Å². The zero-order valence-corrected chi connectivity index (χ0v) is 38.0. The summed E-state index contributed by atoms with van der Waals surface area (Å²) in [5, 5.41) is 52.2. The van der Waals surface area contributed by atoms with Crippen LogP contribution in [-0.2, 0) is 28.6 Å². The Labute approximate surface area is 364 Å². The molecule has 2 amide bonds. The number of amides is 2. The average molecular weight is 868 g/mol. The van der Waals surface area contributed by atoms with Crippen LogP contribution in [0, 0.1) is 30.6 Å². The van der Waals surface area contributed by atoms with Gasteiger partial charge in [0.05, 0.1) is 41.2 Å². The number of carbonyl (C=O) groups is 4. The normalized spacial score (nSPS) is 29.0. The van der Waals surface area contributed by atoms with Gasteiger partial charge in [0.15, 0.2) is 12.4 Å². The van der Waals surface area contributed by atoms with E-state index < -0.39 is 95.5 Å². The molecule has 0 unspecified atom stereocenters. The average Bonchev–Trinajstić information content (AvgIpc) is 3.50. The number of hydrogen-bond acceptors (Lipinski definition) is 14. The number of rotatable bonds is 10. The van der Waals surface area contributed by atoms with E-state index in [1.54, 1.807) is 44.9 Å². The Morgan fingerprint density at radius 1 is 0.935 bits per heavy atom. The van der Waals surface area contributed by atoms with Gasteiger partial charge in [0, 0.05) is 86.9 Å². The number of carbonyl (C=O) groups excluding carboxylic acids is 4. The summed E-state index contributed by atoms with van der Waals surface area (Å²) < 4.78 is 30.0. The maximum Gasteiger partial charge on any atom is 0.312 e. The minimum absolute atomic E-state index is 0.0602. The number of ether oxygens (including phenoxy) is 5. The number of aromatic hydroxyl groups is 2. The zero-order valence-electron chi connectivity index (χ0n) is 38.0. The van der Waals surface area contributed by atoms with Crippen molar-refractivity contribution in [2.45, 2.75) is 113 Å². The first kappa shape index (κ1) is 49.5. The fourth-order valence-corrected chi connectivity index (χ4v) is 8.16. The molecule has 0 aliphatic carbocycles. The number of phenols is 2. The van der Waals surface area contributed by atoms with Gasteiger partial charge in [0.2, 0.25) is 0 Å². The molecule has 0 aromatic heterocycles. The second-order valence-electron chi connectivity index (χ2n) is 16.3. The minimum Gasteiger partial charge on any atom is -0.507 e. The van der Waals surface area contributed by atoms with Crippen LogP contribution in [0.15, 0.2) is 42.2 Å². The maximum atomic E-state index is 14.6. The summed E-state index contributed by atoms with van der Waals surface area (Å²) >= 11 is 0. The van der Waals surface area contributed by atoms with Crippen LogP contribution < -0.4 is 14.8 Å². The summed E-state index contributed by atoms with van der Waals surface area (Å²) in [6.45, 7) is 19.4. The minimum atomic E-state index is -2.04. The van der Waals surface area contributed by atoms with E-state index in [-0.39, 0.29) is 44.7 Å². The van der Waals surface area contributed by atoms with Gasteiger partial charge in [-0.05, 0) is 26.3 Å². The summed E-state index contributed by atoms with van der Waals surface area (Å²) in [6.07, 6.45) is 4.27. The highest BCUT2D eigenvalue weighted by molar-refractivity contribution is 6.21. The van der Waals surface area contributed by atoms with Crippen LogP contribution in [0.3, 0.4) is 0 Å². The molecular weight excluding hydrogens is 803 g/mol. The lowest BCUT2D eigenvalue weighted by Crippen LogP contribution is -2.48. The van der Waals surface area contributed by atoms with Crippen molar-refractivity contribution in [2.75, 3.05) is 38.7 Å².